The van der Waals surface area contributed by atoms with Crippen LogP contribution in [0.4, 0.5) is 13.2 Å². The first kappa shape index (κ1) is 18.8. The highest BCUT2D eigenvalue weighted by Crippen LogP contribution is 2.32. The molecule has 0 atom stereocenters. The Labute approximate surface area is 161 Å². The molecule has 0 fully saturated rings. The Morgan fingerprint density at radius 3 is 2.55 bits per heavy atom. The normalized spacial score (nSPS) is 12.1. The summed E-state index contributed by atoms with van der Waals surface area (Å²) in [5.41, 5.74) is 0.139. The van der Waals surface area contributed by atoms with Crippen LogP contribution in [-0.2, 0) is 17.5 Å². The van der Waals surface area contributed by atoms with Crippen LogP contribution < -0.4 is 0 Å². The first-order chi connectivity index (χ1) is 13.7. The van der Waals surface area contributed by atoms with Gasteiger partial charge in [0.2, 0.25) is 0 Å². The third-order valence-electron chi connectivity index (χ3n) is 4.46. The second kappa shape index (κ2) is 6.54. The van der Waals surface area contributed by atoms with Crippen molar-refractivity contribution in [2.45, 2.75) is 26.6 Å². The lowest BCUT2D eigenvalue weighted by molar-refractivity contribution is -0.141. The molecule has 0 bridgehead atoms. The highest BCUT2D eigenvalue weighted by Gasteiger charge is 2.34. The Morgan fingerprint density at radius 2 is 1.93 bits per heavy atom. The average Bonchev–Trinajstić information content (AvgIpc) is 3.30. The van der Waals surface area contributed by atoms with E-state index in [2.05, 4.69) is 20.2 Å². The summed E-state index contributed by atoms with van der Waals surface area (Å²) in [7, 11) is 1.20. The SMILES string of the molecule is CCn1ccc(-c2cc(C(=O)OC)n3nc4nc(C(F)(F)F)cc(C)c4c3n2)n1. The number of pyridine rings is 1. The second-order valence-electron chi connectivity index (χ2n) is 6.33. The second-order valence-corrected chi connectivity index (χ2v) is 6.33. The van der Waals surface area contributed by atoms with Gasteiger partial charge in [0.15, 0.2) is 17.0 Å². The van der Waals surface area contributed by atoms with Gasteiger partial charge in [-0.25, -0.2) is 19.3 Å². The number of halogens is 3. The van der Waals surface area contributed by atoms with Gasteiger partial charge in [0.05, 0.1) is 18.2 Å². The lowest BCUT2D eigenvalue weighted by Gasteiger charge is -2.07. The Kier molecular flexibility index (Phi) is 4.25. The van der Waals surface area contributed by atoms with E-state index in [1.54, 1.807) is 16.9 Å². The Bertz CT molecular complexity index is 1260. The van der Waals surface area contributed by atoms with Crippen molar-refractivity contribution in [3.63, 3.8) is 0 Å². The van der Waals surface area contributed by atoms with Crippen LogP contribution in [-0.4, -0.2) is 42.4 Å². The largest absolute Gasteiger partial charge is 0.464 e. The fraction of sp³-hybridized carbons (Fsp3) is 0.278. The zero-order valence-corrected chi connectivity index (χ0v) is 15.7. The standard InChI is InChI=1S/C18H15F3N6O2/c1-4-26-6-5-10(24-26)11-8-12(17(28)29-3)27-16(22-11)14-9(2)7-13(18(19,20)21)23-15(14)25-27/h5-8H,4H2,1-3H3. The van der Waals surface area contributed by atoms with E-state index in [9.17, 15) is 18.0 Å². The van der Waals surface area contributed by atoms with Crippen LogP contribution in [0.2, 0.25) is 0 Å². The van der Waals surface area contributed by atoms with Crippen molar-refractivity contribution in [2.75, 3.05) is 7.11 Å². The fourth-order valence-corrected chi connectivity index (χ4v) is 3.06. The average molecular weight is 404 g/mol. The third-order valence-corrected chi connectivity index (χ3v) is 4.46. The number of ether oxygens (including phenoxy) is 1. The van der Waals surface area contributed by atoms with Crippen LogP contribution in [0.15, 0.2) is 24.4 Å². The van der Waals surface area contributed by atoms with E-state index in [4.69, 9.17) is 4.74 Å². The van der Waals surface area contributed by atoms with E-state index < -0.39 is 17.8 Å². The number of alkyl halides is 3. The highest BCUT2D eigenvalue weighted by atomic mass is 19.4. The molecule has 0 aliphatic heterocycles. The molecule has 0 saturated carbocycles. The Morgan fingerprint density at radius 1 is 1.17 bits per heavy atom. The van der Waals surface area contributed by atoms with Crippen LogP contribution in [0.5, 0.6) is 0 Å². The Balaban J connectivity index is 2.06. The lowest BCUT2D eigenvalue weighted by atomic mass is 10.1. The highest BCUT2D eigenvalue weighted by molar-refractivity contribution is 5.97. The zero-order valence-electron chi connectivity index (χ0n) is 15.7. The minimum absolute atomic E-state index is 0.00417. The summed E-state index contributed by atoms with van der Waals surface area (Å²) in [6.07, 6.45) is -2.86. The molecule has 0 unspecified atom stereocenters. The van der Waals surface area contributed by atoms with Gasteiger partial charge in [-0.05, 0) is 37.6 Å². The number of aryl methyl sites for hydroxylation is 2. The van der Waals surface area contributed by atoms with Crippen molar-refractivity contribution >= 4 is 22.6 Å². The summed E-state index contributed by atoms with van der Waals surface area (Å²) >= 11 is 0. The molecule has 4 heterocycles. The number of methoxy groups -OCH3 is 1. The summed E-state index contributed by atoms with van der Waals surface area (Å²) in [6, 6.07) is 4.10. The number of aromatic nitrogens is 6. The minimum Gasteiger partial charge on any atom is -0.464 e. The minimum atomic E-state index is -4.62. The van der Waals surface area contributed by atoms with Crippen molar-refractivity contribution in [3.05, 3.63) is 41.3 Å². The van der Waals surface area contributed by atoms with Crippen LogP contribution in [0, 0.1) is 6.92 Å². The number of carbonyl (C=O) groups is 1. The van der Waals surface area contributed by atoms with Crippen molar-refractivity contribution in [1.29, 1.82) is 0 Å². The number of hydrogen-bond donors (Lipinski definition) is 0. The monoisotopic (exact) mass is 404 g/mol. The van der Waals surface area contributed by atoms with Crippen molar-refractivity contribution in [2.24, 2.45) is 0 Å². The van der Waals surface area contributed by atoms with E-state index in [0.717, 1.165) is 10.6 Å². The van der Waals surface area contributed by atoms with E-state index in [0.29, 0.717) is 23.3 Å². The van der Waals surface area contributed by atoms with Crippen LogP contribution >= 0.6 is 0 Å². The summed E-state index contributed by atoms with van der Waals surface area (Å²) < 4.78 is 47.1. The van der Waals surface area contributed by atoms with Gasteiger partial charge < -0.3 is 4.74 Å². The molecule has 4 rings (SSSR count). The van der Waals surface area contributed by atoms with Gasteiger partial charge in [0.1, 0.15) is 11.4 Å². The molecule has 0 aromatic carbocycles. The summed E-state index contributed by atoms with van der Waals surface area (Å²) in [5.74, 6) is -0.713. The molecule has 8 nitrogen and oxygen atoms in total. The molecule has 29 heavy (non-hydrogen) atoms. The third kappa shape index (κ3) is 3.08. The maximum absolute atomic E-state index is 13.1. The van der Waals surface area contributed by atoms with Crippen molar-refractivity contribution in [3.8, 4) is 11.4 Å². The molecule has 150 valence electrons. The van der Waals surface area contributed by atoms with Crippen molar-refractivity contribution < 1.29 is 22.7 Å². The molecule has 0 saturated heterocycles. The van der Waals surface area contributed by atoms with Gasteiger partial charge in [0.25, 0.3) is 0 Å². The van der Waals surface area contributed by atoms with Gasteiger partial charge in [-0.3, -0.25) is 4.68 Å². The first-order valence-electron chi connectivity index (χ1n) is 8.63. The van der Waals surface area contributed by atoms with E-state index in [1.807, 2.05) is 6.92 Å². The predicted octanol–water partition coefficient (Wildman–Crippen LogP) is 3.27. The van der Waals surface area contributed by atoms with Gasteiger partial charge in [-0.15, -0.1) is 5.10 Å². The quantitative estimate of drug-likeness (QED) is 0.487. The maximum atomic E-state index is 13.1. The molecule has 4 aromatic heterocycles. The number of hydrogen-bond acceptors (Lipinski definition) is 6. The number of fused-ring (bicyclic) bond motifs is 3. The molecular formula is C18H15F3N6O2. The predicted molar refractivity (Wildman–Crippen MR) is 96.3 cm³/mol. The maximum Gasteiger partial charge on any atom is 0.433 e. The van der Waals surface area contributed by atoms with E-state index >= 15 is 0 Å². The first-order valence-corrected chi connectivity index (χ1v) is 8.63. The molecule has 0 aliphatic rings. The van der Waals surface area contributed by atoms with E-state index in [1.165, 1.54) is 20.1 Å². The molecule has 0 aliphatic carbocycles. The molecule has 0 spiro atoms. The van der Waals surface area contributed by atoms with Crippen LogP contribution in [0.3, 0.4) is 0 Å². The Hall–Kier alpha value is -3.50. The van der Waals surface area contributed by atoms with Gasteiger partial charge in [-0.1, -0.05) is 0 Å². The summed E-state index contributed by atoms with van der Waals surface area (Å²) in [4.78, 5) is 20.5. The van der Waals surface area contributed by atoms with E-state index in [-0.39, 0.29) is 22.6 Å². The van der Waals surface area contributed by atoms with Gasteiger partial charge in [0, 0.05) is 12.7 Å². The number of rotatable bonds is 3. The van der Waals surface area contributed by atoms with Crippen LogP contribution in [0.1, 0.15) is 28.7 Å². The summed E-state index contributed by atoms with van der Waals surface area (Å²) in [6.45, 7) is 4.08. The fourth-order valence-electron chi connectivity index (χ4n) is 3.06. The molecule has 11 heteroatoms. The molecular weight excluding hydrogens is 389 g/mol. The molecule has 0 radical (unpaired) electrons. The number of nitrogens with zero attached hydrogens (tertiary/aromatic N) is 6. The van der Waals surface area contributed by atoms with Crippen molar-refractivity contribution in [1.82, 2.24) is 29.4 Å². The van der Waals surface area contributed by atoms with Crippen LogP contribution in [0.25, 0.3) is 28.1 Å². The smallest absolute Gasteiger partial charge is 0.433 e. The van der Waals surface area contributed by atoms with Gasteiger partial charge >= 0.3 is 12.1 Å². The molecule has 4 aromatic rings. The molecule has 0 amide bonds. The number of esters is 1. The topological polar surface area (TPSA) is 87.2 Å². The zero-order chi connectivity index (χ0) is 20.9. The summed E-state index contributed by atoms with van der Waals surface area (Å²) in [5, 5.41) is 8.78. The molecule has 0 N–H and O–H groups in total. The number of carbonyl (C=O) groups excluding carboxylic acids is 1. The van der Waals surface area contributed by atoms with Gasteiger partial charge in [-0.2, -0.15) is 18.3 Å². The lowest BCUT2D eigenvalue weighted by Crippen LogP contribution is -2.11.